The number of piperidine rings is 1. The summed E-state index contributed by atoms with van der Waals surface area (Å²) in [6.07, 6.45) is 0.585. The number of esters is 1. The first-order valence-corrected chi connectivity index (χ1v) is 12.4. The monoisotopic (exact) mass is 490 g/mol. The summed E-state index contributed by atoms with van der Waals surface area (Å²) in [6, 6.07) is 11.0. The molecule has 1 aliphatic rings. The van der Waals surface area contributed by atoms with Crippen molar-refractivity contribution in [3.8, 4) is 11.5 Å². The van der Waals surface area contributed by atoms with Crippen molar-refractivity contribution in [2.75, 3.05) is 32.6 Å². The van der Waals surface area contributed by atoms with E-state index in [-0.39, 0.29) is 35.9 Å². The van der Waals surface area contributed by atoms with Gasteiger partial charge in [0.15, 0.2) is 11.5 Å². The molecule has 0 aromatic heterocycles. The minimum Gasteiger partial charge on any atom is -0.493 e. The van der Waals surface area contributed by atoms with Crippen LogP contribution in [-0.4, -0.2) is 58.0 Å². The number of carbonyl (C=O) groups excluding carboxylic acids is 2. The molecule has 0 saturated carbocycles. The van der Waals surface area contributed by atoms with Gasteiger partial charge in [0.25, 0.3) is 0 Å². The number of hydrogen-bond acceptors (Lipinski definition) is 7. The van der Waals surface area contributed by atoms with Crippen LogP contribution in [0.4, 0.5) is 5.69 Å². The average Bonchev–Trinajstić information content (AvgIpc) is 2.83. The van der Waals surface area contributed by atoms with Gasteiger partial charge in [-0.3, -0.25) is 4.79 Å². The van der Waals surface area contributed by atoms with E-state index in [0.717, 1.165) is 0 Å². The van der Waals surface area contributed by atoms with E-state index in [1.54, 1.807) is 44.2 Å². The van der Waals surface area contributed by atoms with Crippen LogP contribution in [0, 0.1) is 5.92 Å². The van der Waals surface area contributed by atoms with Crippen molar-refractivity contribution in [3.05, 3.63) is 48.0 Å². The molecule has 3 rings (SSSR count). The highest BCUT2D eigenvalue weighted by molar-refractivity contribution is 7.89. The smallest absolute Gasteiger partial charge is 0.338 e. The Morgan fingerprint density at radius 2 is 1.59 bits per heavy atom. The number of amides is 1. The number of nitrogens with one attached hydrogen (secondary N) is 1. The highest BCUT2D eigenvalue weighted by Crippen LogP contribution is 2.32. The van der Waals surface area contributed by atoms with Crippen molar-refractivity contribution in [1.29, 1.82) is 0 Å². The van der Waals surface area contributed by atoms with Gasteiger partial charge in [-0.25, -0.2) is 13.2 Å². The van der Waals surface area contributed by atoms with Gasteiger partial charge in [0.05, 0.1) is 30.8 Å². The zero-order valence-corrected chi connectivity index (χ0v) is 20.6. The minimum absolute atomic E-state index is 0.115. The topological polar surface area (TPSA) is 111 Å². The van der Waals surface area contributed by atoms with Gasteiger partial charge in [0.2, 0.25) is 15.9 Å². The van der Waals surface area contributed by atoms with Crippen molar-refractivity contribution in [2.45, 2.75) is 37.7 Å². The third-order valence-electron chi connectivity index (χ3n) is 5.55. The number of sulfonamides is 1. The second-order valence-electron chi connectivity index (χ2n) is 8.22. The van der Waals surface area contributed by atoms with E-state index < -0.39 is 16.0 Å². The number of ether oxygens (including phenoxy) is 3. The molecule has 0 unspecified atom stereocenters. The number of hydrogen-bond donors (Lipinski definition) is 1. The van der Waals surface area contributed by atoms with Gasteiger partial charge in [-0.2, -0.15) is 4.31 Å². The van der Waals surface area contributed by atoms with Crippen LogP contribution in [0.25, 0.3) is 0 Å². The van der Waals surface area contributed by atoms with E-state index in [1.165, 1.54) is 30.7 Å². The van der Waals surface area contributed by atoms with Gasteiger partial charge in [0, 0.05) is 30.8 Å². The fraction of sp³-hybridized carbons (Fsp3) is 0.417. The third-order valence-corrected chi connectivity index (χ3v) is 7.44. The molecular weight excluding hydrogens is 460 g/mol. The van der Waals surface area contributed by atoms with Crippen molar-refractivity contribution >= 4 is 27.6 Å². The maximum atomic E-state index is 13.1. The van der Waals surface area contributed by atoms with E-state index >= 15 is 0 Å². The highest BCUT2D eigenvalue weighted by atomic mass is 32.2. The van der Waals surface area contributed by atoms with Crippen LogP contribution in [0.1, 0.15) is 37.0 Å². The number of nitrogens with zero attached hydrogens (tertiary/aromatic N) is 1. The molecule has 9 nitrogen and oxygen atoms in total. The fourth-order valence-corrected chi connectivity index (χ4v) is 5.19. The Morgan fingerprint density at radius 3 is 2.15 bits per heavy atom. The van der Waals surface area contributed by atoms with Crippen LogP contribution in [0.15, 0.2) is 47.4 Å². The molecule has 1 aliphatic heterocycles. The molecule has 10 heteroatoms. The normalized spacial score (nSPS) is 15.1. The van der Waals surface area contributed by atoms with Crippen LogP contribution in [0.2, 0.25) is 0 Å². The molecule has 2 aromatic rings. The Hall–Kier alpha value is -3.11. The molecule has 1 amide bonds. The predicted octanol–water partition coefficient (Wildman–Crippen LogP) is 3.31. The summed E-state index contributed by atoms with van der Waals surface area (Å²) < 4.78 is 43.1. The van der Waals surface area contributed by atoms with Crippen LogP contribution >= 0.6 is 0 Å². The van der Waals surface area contributed by atoms with Crippen molar-refractivity contribution in [3.63, 3.8) is 0 Å². The molecule has 34 heavy (non-hydrogen) atoms. The molecular formula is C24H30N2O7S. The number of rotatable bonds is 8. The summed E-state index contributed by atoms with van der Waals surface area (Å²) in [6.45, 7) is 4.01. The zero-order valence-electron chi connectivity index (χ0n) is 19.7. The summed E-state index contributed by atoms with van der Waals surface area (Å²) in [7, 11) is -0.796. The van der Waals surface area contributed by atoms with E-state index in [0.29, 0.717) is 35.6 Å². The Kier molecular flexibility index (Phi) is 8.16. The average molecular weight is 491 g/mol. The lowest BCUT2D eigenvalue weighted by Crippen LogP contribution is -2.41. The molecule has 2 aromatic carbocycles. The Morgan fingerprint density at radius 1 is 0.971 bits per heavy atom. The van der Waals surface area contributed by atoms with Crippen LogP contribution in [-0.2, 0) is 19.6 Å². The SMILES string of the molecule is COc1ccc(S(=O)(=O)N2CCC(C(=O)Nc3ccc(C(=O)OC(C)C)cc3)CC2)cc1OC. The molecule has 1 fully saturated rings. The van der Waals surface area contributed by atoms with Gasteiger partial charge >= 0.3 is 5.97 Å². The fourth-order valence-electron chi connectivity index (χ4n) is 3.70. The zero-order chi connectivity index (χ0) is 24.9. The number of carbonyl (C=O) groups is 2. The molecule has 1 saturated heterocycles. The standard InChI is InChI=1S/C24H30N2O7S/c1-16(2)33-24(28)18-5-7-19(8-6-18)25-23(27)17-11-13-26(14-12-17)34(29,30)20-9-10-21(31-3)22(15-20)32-4/h5-10,15-17H,11-14H2,1-4H3,(H,25,27). The first-order valence-electron chi connectivity index (χ1n) is 11.0. The molecule has 0 aliphatic carbocycles. The van der Waals surface area contributed by atoms with Gasteiger partial charge in [-0.05, 0) is 63.1 Å². The van der Waals surface area contributed by atoms with Gasteiger partial charge in [0.1, 0.15) is 0 Å². The lowest BCUT2D eigenvalue weighted by atomic mass is 9.97. The number of benzene rings is 2. The molecule has 0 atom stereocenters. The summed E-state index contributed by atoms with van der Waals surface area (Å²) in [4.78, 5) is 24.8. The van der Waals surface area contributed by atoms with E-state index in [4.69, 9.17) is 14.2 Å². The lowest BCUT2D eigenvalue weighted by molar-refractivity contribution is -0.120. The molecule has 1 heterocycles. The summed E-state index contributed by atoms with van der Waals surface area (Å²) in [5.74, 6) is -0.137. The molecule has 0 spiro atoms. The van der Waals surface area contributed by atoms with Crippen molar-refractivity contribution in [2.24, 2.45) is 5.92 Å². The molecule has 0 bridgehead atoms. The highest BCUT2D eigenvalue weighted by Gasteiger charge is 2.32. The maximum Gasteiger partial charge on any atom is 0.338 e. The second kappa shape index (κ2) is 10.9. The Balaban J connectivity index is 1.59. The lowest BCUT2D eigenvalue weighted by Gasteiger charge is -2.30. The van der Waals surface area contributed by atoms with E-state index in [1.807, 2.05) is 0 Å². The van der Waals surface area contributed by atoms with Crippen LogP contribution < -0.4 is 14.8 Å². The molecule has 1 N–H and O–H groups in total. The third kappa shape index (κ3) is 5.87. The van der Waals surface area contributed by atoms with Gasteiger partial charge < -0.3 is 19.5 Å². The molecule has 184 valence electrons. The Bertz CT molecular complexity index is 1120. The second-order valence-corrected chi connectivity index (χ2v) is 10.2. The van der Waals surface area contributed by atoms with Crippen LogP contribution in [0.5, 0.6) is 11.5 Å². The molecule has 0 radical (unpaired) electrons. The van der Waals surface area contributed by atoms with Crippen molar-refractivity contribution in [1.82, 2.24) is 4.31 Å². The minimum atomic E-state index is -3.73. The quantitative estimate of drug-likeness (QED) is 0.565. The van der Waals surface area contributed by atoms with Crippen molar-refractivity contribution < 1.29 is 32.2 Å². The number of methoxy groups -OCH3 is 2. The van der Waals surface area contributed by atoms with Gasteiger partial charge in [-0.1, -0.05) is 0 Å². The number of anilines is 1. The van der Waals surface area contributed by atoms with E-state index in [9.17, 15) is 18.0 Å². The summed E-state index contributed by atoms with van der Waals surface area (Å²) in [5.41, 5.74) is 0.965. The summed E-state index contributed by atoms with van der Waals surface area (Å²) >= 11 is 0. The van der Waals surface area contributed by atoms with E-state index in [2.05, 4.69) is 5.32 Å². The van der Waals surface area contributed by atoms with Gasteiger partial charge in [-0.15, -0.1) is 0 Å². The first-order chi connectivity index (χ1) is 16.1. The largest absolute Gasteiger partial charge is 0.493 e. The first kappa shape index (κ1) is 25.5. The maximum absolute atomic E-state index is 13.1. The van der Waals surface area contributed by atoms with Crippen LogP contribution in [0.3, 0.4) is 0 Å². The summed E-state index contributed by atoms with van der Waals surface area (Å²) in [5, 5.41) is 2.84. The predicted molar refractivity (Wildman–Crippen MR) is 127 cm³/mol. The Labute approximate surface area is 200 Å².